The molecule has 1 N–H and O–H groups in total. The van der Waals surface area contributed by atoms with E-state index in [4.69, 9.17) is 25.8 Å². The number of ether oxygens (including phenoxy) is 3. The van der Waals surface area contributed by atoms with E-state index in [1.54, 1.807) is 37.1 Å². The molecule has 7 nitrogen and oxygen atoms in total. The van der Waals surface area contributed by atoms with E-state index < -0.39 is 0 Å². The molecule has 0 spiro atoms. The Morgan fingerprint density at radius 2 is 1.76 bits per heavy atom. The molecule has 0 aliphatic heterocycles. The maximum atomic E-state index is 13.0. The van der Waals surface area contributed by atoms with Crippen LogP contribution in [0.25, 0.3) is 11.3 Å². The third-order valence-corrected chi connectivity index (χ3v) is 5.24. The van der Waals surface area contributed by atoms with Crippen molar-refractivity contribution in [2.45, 2.75) is 6.42 Å². The minimum absolute atomic E-state index is 0.325. The first-order chi connectivity index (χ1) is 14.0. The van der Waals surface area contributed by atoms with Gasteiger partial charge in [-0.05, 0) is 35.9 Å². The second kappa shape index (κ2) is 7.33. The van der Waals surface area contributed by atoms with Gasteiger partial charge in [0.05, 0.1) is 32.7 Å². The van der Waals surface area contributed by atoms with Crippen molar-refractivity contribution in [1.29, 1.82) is 0 Å². The maximum Gasteiger partial charge on any atom is 0.276 e. The van der Waals surface area contributed by atoms with E-state index in [1.807, 2.05) is 19.2 Å². The van der Waals surface area contributed by atoms with E-state index >= 15 is 0 Å². The van der Waals surface area contributed by atoms with Crippen LogP contribution in [0.4, 0.5) is 5.69 Å². The monoisotopic (exact) mass is 413 g/mol. The highest BCUT2D eigenvalue weighted by atomic mass is 35.5. The van der Waals surface area contributed by atoms with Crippen molar-refractivity contribution in [2.75, 3.05) is 26.6 Å². The second-order valence-corrected chi connectivity index (χ2v) is 7.08. The Hall–Kier alpha value is -3.19. The highest BCUT2D eigenvalue weighted by Gasteiger charge is 2.31. The van der Waals surface area contributed by atoms with Crippen LogP contribution in [-0.4, -0.2) is 37.0 Å². The molecule has 1 aliphatic rings. The minimum Gasteiger partial charge on any atom is -0.495 e. The molecule has 0 fully saturated rings. The summed E-state index contributed by atoms with van der Waals surface area (Å²) >= 11 is 6.07. The number of methoxy groups -OCH3 is 3. The first-order valence-electron chi connectivity index (χ1n) is 8.92. The summed E-state index contributed by atoms with van der Waals surface area (Å²) in [6, 6.07) is 8.91. The molecule has 29 heavy (non-hydrogen) atoms. The lowest BCUT2D eigenvalue weighted by atomic mass is 10.1. The predicted molar refractivity (Wildman–Crippen MR) is 111 cm³/mol. The largest absolute Gasteiger partial charge is 0.495 e. The first kappa shape index (κ1) is 19.1. The molecule has 2 aromatic carbocycles. The van der Waals surface area contributed by atoms with E-state index in [-0.39, 0.29) is 5.91 Å². The van der Waals surface area contributed by atoms with Crippen LogP contribution in [0.3, 0.4) is 0 Å². The summed E-state index contributed by atoms with van der Waals surface area (Å²) in [6.07, 6.45) is 0.578. The molecule has 1 amide bonds. The molecule has 0 radical (unpaired) electrons. The summed E-state index contributed by atoms with van der Waals surface area (Å²) in [5.41, 5.74) is 4.63. The summed E-state index contributed by atoms with van der Waals surface area (Å²) in [4.78, 5) is 13.0. The van der Waals surface area contributed by atoms with Gasteiger partial charge in [-0.2, -0.15) is 5.10 Å². The molecule has 8 heteroatoms. The van der Waals surface area contributed by atoms with Crippen molar-refractivity contribution >= 4 is 23.2 Å². The number of hydrogen-bond donors (Lipinski definition) is 1. The van der Waals surface area contributed by atoms with Crippen molar-refractivity contribution in [3.8, 4) is 28.5 Å². The van der Waals surface area contributed by atoms with E-state index in [0.29, 0.717) is 40.1 Å². The number of halogens is 1. The van der Waals surface area contributed by atoms with Crippen molar-refractivity contribution in [3.63, 3.8) is 0 Å². The zero-order valence-corrected chi connectivity index (χ0v) is 17.3. The Morgan fingerprint density at radius 1 is 1.07 bits per heavy atom. The lowest BCUT2D eigenvalue weighted by Gasteiger charge is -2.11. The standard InChI is InChI=1S/C21H20ClN3O4/c1-25-20-13-10-18(29-4)17(28-3)8-11(13)7-14(20)19(24-25)21(26)23-15-9-12(22)5-6-16(15)27-2/h5-6,8-10H,7H2,1-4H3,(H,23,26). The van der Waals surface area contributed by atoms with Gasteiger partial charge in [0.1, 0.15) is 5.75 Å². The first-order valence-corrected chi connectivity index (χ1v) is 9.30. The van der Waals surface area contributed by atoms with Crippen molar-refractivity contribution in [2.24, 2.45) is 7.05 Å². The molecular formula is C21H20ClN3O4. The van der Waals surface area contributed by atoms with Crippen LogP contribution in [0.15, 0.2) is 30.3 Å². The van der Waals surface area contributed by atoms with Gasteiger partial charge in [-0.3, -0.25) is 9.48 Å². The zero-order chi connectivity index (χ0) is 20.7. The molecule has 0 saturated carbocycles. The van der Waals surface area contributed by atoms with Gasteiger partial charge >= 0.3 is 0 Å². The molecule has 1 heterocycles. The number of nitrogens with one attached hydrogen (secondary N) is 1. The lowest BCUT2D eigenvalue weighted by molar-refractivity contribution is 0.102. The quantitative estimate of drug-likeness (QED) is 0.536. The number of benzene rings is 2. The topological polar surface area (TPSA) is 74.6 Å². The Balaban J connectivity index is 1.72. The maximum absolute atomic E-state index is 13.0. The van der Waals surface area contributed by atoms with Gasteiger partial charge in [0.2, 0.25) is 0 Å². The number of fused-ring (bicyclic) bond motifs is 3. The van der Waals surface area contributed by atoms with Crippen molar-refractivity contribution in [3.05, 3.63) is 52.2 Å². The van der Waals surface area contributed by atoms with Crippen LogP contribution in [0.1, 0.15) is 21.6 Å². The van der Waals surface area contributed by atoms with Crippen molar-refractivity contribution < 1.29 is 19.0 Å². The van der Waals surface area contributed by atoms with E-state index in [2.05, 4.69) is 10.4 Å². The Labute approximate surface area is 173 Å². The van der Waals surface area contributed by atoms with Gasteiger partial charge in [-0.25, -0.2) is 0 Å². The molecule has 1 aliphatic carbocycles. The Bertz CT molecular complexity index is 1120. The highest BCUT2D eigenvalue weighted by Crippen LogP contribution is 2.43. The second-order valence-electron chi connectivity index (χ2n) is 6.64. The van der Waals surface area contributed by atoms with Crippen molar-refractivity contribution in [1.82, 2.24) is 9.78 Å². The van der Waals surface area contributed by atoms with Gasteiger partial charge in [0, 0.05) is 29.6 Å². The van der Waals surface area contributed by atoms with Crippen LogP contribution >= 0.6 is 11.6 Å². The van der Waals surface area contributed by atoms with Gasteiger partial charge in [0.25, 0.3) is 5.91 Å². The molecule has 0 bridgehead atoms. The molecule has 3 aromatic rings. The molecule has 1 aromatic heterocycles. The third-order valence-electron chi connectivity index (χ3n) is 5.00. The van der Waals surface area contributed by atoms with E-state index in [0.717, 1.165) is 22.4 Å². The number of aryl methyl sites for hydroxylation is 1. The number of aromatic nitrogens is 2. The van der Waals surface area contributed by atoms with Gasteiger partial charge in [-0.15, -0.1) is 0 Å². The lowest BCUT2D eigenvalue weighted by Crippen LogP contribution is -2.15. The number of hydrogen-bond acceptors (Lipinski definition) is 5. The number of amides is 1. The molecule has 0 atom stereocenters. The number of carbonyl (C=O) groups is 1. The third kappa shape index (κ3) is 3.17. The highest BCUT2D eigenvalue weighted by molar-refractivity contribution is 6.31. The summed E-state index contributed by atoms with van der Waals surface area (Å²) in [6.45, 7) is 0. The molecule has 4 rings (SSSR count). The number of rotatable bonds is 5. The smallest absolute Gasteiger partial charge is 0.276 e. The number of anilines is 1. The SMILES string of the molecule is COc1ccc(Cl)cc1NC(=O)c1nn(C)c2c1Cc1cc(OC)c(OC)cc1-2. The van der Waals surface area contributed by atoms with E-state index in [1.165, 1.54) is 7.11 Å². The summed E-state index contributed by atoms with van der Waals surface area (Å²) in [7, 11) is 6.56. The Kier molecular flexibility index (Phi) is 4.84. The number of carbonyl (C=O) groups excluding carboxylic acids is 1. The molecule has 150 valence electrons. The fraction of sp³-hybridized carbons (Fsp3) is 0.238. The fourth-order valence-electron chi connectivity index (χ4n) is 3.69. The van der Waals surface area contributed by atoms with Crippen LogP contribution < -0.4 is 19.5 Å². The van der Waals surface area contributed by atoms with E-state index in [9.17, 15) is 4.79 Å². The zero-order valence-electron chi connectivity index (χ0n) is 16.5. The molecule has 0 saturated heterocycles. The summed E-state index contributed by atoms with van der Waals surface area (Å²) in [5.74, 6) is 1.49. The van der Waals surface area contributed by atoms with Crippen LogP contribution in [0.2, 0.25) is 5.02 Å². The average molecular weight is 414 g/mol. The van der Waals surface area contributed by atoms with Crippen LogP contribution in [0, 0.1) is 0 Å². The normalized spacial score (nSPS) is 11.6. The van der Waals surface area contributed by atoms with Gasteiger partial charge in [0.15, 0.2) is 17.2 Å². The predicted octanol–water partition coefficient (Wildman–Crippen LogP) is 3.92. The number of nitrogens with zero attached hydrogens (tertiary/aromatic N) is 2. The van der Waals surface area contributed by atoms with Gasteiger partial charge in [-0.1, -0.05) is 11.6 Å². The van der Waals surface area contributed by atoms with Crippen LogP contribution in [-0.2, 0) is 13.5 Å². The summed E-state index contributed by atoms with van der Waals surface area (Å²) < 4.78 is 17.9. The molecular weight excluding hydrogens is 394 g/mol. The average Bonchev–Trinajstić information content (AvgIpc) is 3.23. The van der Waals surface area contributed by atoms with Crippen LogP contribution in [0.5, 0.6) is 17.2 Å². The van der Waals surface area contributed by atoms with Gasteiger partial charge < -0.3 is 19.5 Å². The summed E-state index contributed by atoms with van der Waals surface area (Å²) in [5, 5.41) is 7.82. The molecule has 0 unspecified atom stereocenters. The Morgan fingerprint density at radius 3 is 2.45 bits per heavy atom. The fourth-order valence-corrected chi connectivity index (χ4v) is 3.86. The minimum atomic E-state index is -0.325.